The van der Waals surface area contributed by atoms with E-state index in [4.69, 9.17) is 0 Å². The van der Waals surface area contributed by atoms with E-state index >= 15 is 0 Å². The lowest BCUT2D eigenvalue weighted by Gasteiger charge is -2.24. The van der Waals surface area contributed by atoms with Gasteiger partial charge in [-0.15, -0.1) is 0 Å². The number of aromatic nitrogens is 2. The van der Waals surface area contributed by atoms with Crippen LogP contribution in [0.25, 0.3) is 0 Å². The third-order valence-electron chi connectivity index (χ3n) is 4.76. The Labute approximate surface area is 149 Å². The molecule has 1 saturated heterocycles. The minimum absolute atomic E-state index is 0.00880. The van der Waals surface area contributed by atoms with E-state index in [-0.39, 0.29) is 5.91 Å². The Balaban J connectivity index is 1.56. The van der Waals surface area contributed by atoms with Crippen molar-refractivity contribution in [2.75, 3.05) is 26.2 Å². The van der Waals surface area contributed by atoms with Crippen molar-refractivity contribution in [2.24, 2.45) is 5.92 Å². The van der Waals surface area contributed by atoms with Crippen LogP contribution in [0.3, 0.4) is 0 Å². The molecular weight excluding hydrogens is 312 g/mol. The molecule has 1 atom stereocenters. The van der Waals surface area contributed by atoms with E-state index in [1.807, 2.05) is 18.7 Å². The lowest BCUT2D eigenvalue weighted by molar-refractivity contribution is 0.0732. The third kappa shape index (κ3) is 4.63. The second-order valence-electron chi connectivity index (χ2n) is 6.71. The van der Waals surface area contributed by atoms with E-state index in [0.29, 0.717) is 24.0 Å². The molecule has 3 rings (SSSR count). The molecular formula is C20H26N4O. The summed E-state index contributed by atoms with van der Waals surface area (Å²) < 4.78 is 0. The number of benzene rings is 1. The molecule has 5 heteroatoms. The Hall–Kier alpha value is -2.27. The number of hydrogen-bond donors (Lipinski definition) is 0. The van der Waals surface area contributed by atoms with Gasteiger partial charge in [-0.05, 0) is 44.4 Å². The van der Waals surface area contributed by atoms with Crippen LogP contribution in [0.5, 0.6) is 0 Å². The van der Waals surface area contributed by atoms with E-state index in [1.54, 1.807) is 12.3 Å². The SMILES string of the molecule is CCN(C[C@H]1CCN(Cc2ccccc2)C1)C(=O)c1ccnc(C)n1. The van der Waals surface area contributed by atoms with Gasteiger partial charge in [0.1, 0.15) is 11.5 Å². The second kappa shape index (κ2) is 8.21. The van der Waals surface area contributed by atoms with Gasteiger partial charge in [-0.1, -0.05) is 30.3 Å². The fourth-order valence-electron chi connectivity index (χ4n) is 3.45. The molecule has 1 aliphatic heterocycles. The number of carbonyl (C=O) groups is 1. The van der Waals surface area contributed by atoms with Crippen molar-refractivity contribution in [1.82, 2.24) is 19.8 Å². The van der Waals surface area contributed by atoms with Crippen LogP contribution in [0.2, 0.25) is 0 Å². The quantitative estimate of drug-likeness (QED) is 0.813. The average molecular weight is 338 g/mol. The van der Waals surface area contributed by atoms with Crippen LogP contribution in [0, 0.1) is 12.8 Å². The molecule has 5 nitrogen and oxygen atoms in total. The highest BCUT2D eigenvalue weighted by Gasteiger charge is 2.26. The van der Waals surface area contributed by atoms with Gasteiger partial charge in [0, 0.05) is 32.4 Å². The zero-order valence-electron chi connectivity index (χ0n) is 15.1. The summed E-state index contributed by atoms with van der Waals surface area (Å²) in [5, 5.41) is 0. The molecule has 132 valence electrons. The number of nitrogens with zero attached hydrogens (tertiary/aromatic N) is 4. The number of aryl methyl sites for hydroxylation is 1. The van der Waals surface area contributed by atoms with Gasteiger partial charge in [0.05, 0.1) is 0 Å². The normalized spacial score (nSPS) is 17.6. The standard InChI is InChI=1S/C20H26N4O/c1-3-24(20(25)19-9-11-21-16(2)22-19)15-18-10-12-23(14-18)13-17-7-5-4-6-8-17/h4-9,11,18H,3,10,12-15H2,1-2H3/t18-/m0/s1. The molecule has 0 unspecified atom stereocenters. The lowest BCUT2D eigenvalue weighted by atomic mass is 10.1. The van der Waals surface area contributed by atoms with Gasteiger partial charge in [-0.2, -0.15) is 0 Å². The Kier molecular flexibility index (Phi) is 5.76. The van der Waals surface area contributed by atoms with Crippen LogP contribution < -0.4 is 0 Å². The van der Waals surface area contributed by atoms with Gasteiger partial charge in [-0.3, -0.25) is 9.69 Å². The molecule has 25 heavy (non-hydrogen) atoms. The summed E-state index contributed by atoms with van der Waals surface area (Å²) in [4.78, 5) is 25.5. The minimum Gasteiger partial charge on any atom is -0.337 e. The first-order chi connectivity index (χ1) is 12.2. The highest BCUT2D eigenvalue weighted by Crippen LogP contribution is 2.20. The number of amides is 1. The first-order valence-electron chi connectivity index (χ1n) is 9.01. The molecule has 0 N–H and O–H groups in total. The number of carbonyl (C=O) groups excluding carboxylic acids is 1. The summed E-state index contributed by atoms with van der Waals surface area (Å²) in [6, 6.07) is 12.3. The molecule has 2 aromatic rings. The van der Waals surface area contributed by atoms with Crippen molar-refractivity contribution < 1.29 is 4.79 Å². The van der Waals surface area contributed by atoms with Gasteiger partial charge >= 0.3 is 0 Å². The van der Waals surface area contributed by atoms with Crippen molar-refractivity contribution in [1.29, 1.82) is 0 Å². The largest absolute Gasteiger partial charge is 0.337 e. The highest BCUT2D eigenvalue weighted by atomic mass is 16.2. The average Bonchev–Trinajstić information content (AvgIpc) is 3.07. The van der Waals surface area contributed by atoms with Crippen molar-refractivity contribution >= 4 is 5.91 Å². The summed E-state index contributed by atoms with van der Waals surface area (Å²) in [6.45, 7) is 8.47. The minimum atomic E-state index is 0.00880. The molecule has 1 aromatic heterocycles. The fourth-order valence-corrected chi connectivity index (χ4v) is 3.45. The van der Waals surface area contributed by atoms with E-state index in [0.717, 1.165) is 32.6 Å². The van der Waals surface area contributed by atoms with Crippen molar-refractivity contribution in [3.05, 3.63) is 59.7 Å². The van der Waals surface area contributed by atoms with Crippen LogP contribution in [0.4, 0.5) is 0 Å². The zero-order chi connectivity index (χ0) is 17.6. The smallest absolute Gasteiger partial charge is 0.272 e. The molecule has 0 radical (unpaired) electrons. The van der Waals surface area contributed by atoms with E-state index < -0.39 is 0 Å². The van der Waals surface area contributed by atoms with Crippen molar-refractivity contribution in [3.8, 4) is 0 Å². The summed E-state index contributed by atoms with van der Waals surface area (Å²) in [6.07, 6.45) is 2.79. The zero-order valence-corrected chi connectivity index (χ0v) is 15.1. The van der Waals surface area contributed by atoms with Crippen LogP contribution in [0.1, 0.15) is 35.2 Å². The van der Waals surface area contributed by atoms with E-state index in [1.165, 1.54) is 5.56 Å². The second-order valence-corrected chi connectivity index (χ2v) is 6.71. The van der Waals surface area contributed by atoms with Crippen LogP contribution in [0.15, 0.2) is 42.6 Å². The molecule has 0 aliphatic carbocycles. The van der Waals surface area contributed by atoms with Crippen molar-refractivity contribution in [3.63, 3.8) is 0 Å². The lowest BCUT2D eigenvalue weighted by Crippen LogP contribution is -2.36. The fraction of sp³-hybridized carbons (Fsp3) is 0.450. The van der Waals surface area contributed by atoms with Gasteiger partial charge in [0.2, 0.25) is 0 Å². The molecule has 2 heterocycles. The van der Waals surface area contributed by atoms with Gasteiger partial charge in [0.15, 0.2) is 0 Å². The first kappa shape index (κ1) is 17.5. The maximum Gasteiger partial charge on any atom is 0.272 e. The summed E-state index contributed by atoms with van der Waals surface area (Å²) in [5.41, 5.74) is 1.84. The third-order valence-corrected chi connectivity index (χ3v) is 4.76. The number of likely N-dealkylation sites (tertiary alicyclic amines) is 1. The summed E-state index contributed by atoms with van der Waals surface area (Å²) >= 11 is 0. The molecule has 1 aromatic carbocycles. The molecule has 1 amide bonds. The van der Waals surface area contributed by atoms with Gasteiger partial charge < -0.3 is 4.90 Å². The van der Waals surface area contributed by atoms with Crippen LogP contribution in [-0.4, -0.2) is 51.9 Å². The highest BCUT2D eigenvalue weighted by molar-refractivity contribution is 5.92. The monoisotopic (exact) mass is 338 g/mol. The van der Waals surface area contributed by atoms with Crippen molar-refractivity contribution in [2.45, 2.75) is 26.8 Å². The predicted octanol–water partition coefficient (Wildman–Crippen LogP) is 2.77. The molecule has 0 spiro atoms. The molecule has 0 bridgehead atoms. The molecule has 1 fully saturated rings. The Bertz CT molecular complexity index is 704. The topological polar surface area (TPSA) is 49.3 Å². The van der Waals surface area contributed by atoms with Gasteiger partial charge in [0.25, 0.3) is 5.91 Å². The Morgan fingerprint density at radius 1 is 1.28 bits per heavy atom. The summed E-state index contributed by atoms with van der Waals surface area (Å²) in [7, 11) is 0. The predicted molar refractivity (Wildman–Crippen MR) is 98.2 cm³/mol. The Morgan fingerprint density at radius 2 is 2.08 bits per heavy atom. The number of hydrogen-bond acceptors (Lipinski definition) is 4. The van der Waals surface area contributed by atoms with E-state index in [9.17, 15) is 4.79 Å². The van der Waals surface area contributed by atoms with E-state index in [2.05, 4.69) is 45.2 Å². The maximum absolute atomic E-state index is 12.7. The maximum atomic E-state index is 12.7. The molecule has 0 saturated carbocycles. The number of rotatable bonds is 6. The van der Waals surface area contributed by atoms with Crippen LogP contribution in [-0.2, 0) is 6.54 Å². The van der Waals surface area contributed by atoms with Gasteiger partial charge in [-0.25, -0.2) is 9.97 Å². The molecule has 1 aliphatic rings. The summed E-state index contributed by atoms with van der Waals surface area (Å²) in [5.74, 6) is 1.17. The first-order valence-corrected chi connectivity index (χ1v) is 9.01. The Morgan fingerprint density at radius 3 is 2.80 bits per heavy atom. The van der Waals surface area contributed by atoms with Crippen LogP contribution >= 0.6 is 0 Å².